The van der Waals surface area contributed by atoms with Gasteiger partial charge in [0, 0.05) is 43.1 Å². The predicted molar refractivity (Wildman–Crippen MR) is 267 cm³/mol. The largest absolute Gasteiger partial charge is 0.278 e. The SMILES string of the molecule is Clc1nc(-n2c3ccccc3c3ccccc32)nc(-n2c3ccccc3c3ccccc32)n1.Clc1nc(-n2c3ccccc3c3ccccc32)nc(-n2c3ccccc3c3ccccc32)n1. The summed E-state index contributed by atoms with van der Waals surface area (Å²) in [6, 6.07) is 66.1. The summed E-state index contributed by atoms with van der Waals surface area (Å²) in [6.07, 6.45) is 0. The number of rotatable bonds is 4. The van der Waals surface area contributed by atoms with Gasteiger partial charge in [-0.3, -0.25) is 18.3 Å². The molecule has 0 N–H and O–H groups in total. The second kappa shape index (κ2) is 15.1. The van der Waals surface area contributed by atoms with Crippen molar-refractivity contribution in [2.75, 3.05) is 0 Å². The second-order valence-electron chi connectivity index (χ2n) is 15.9. The molecule has 14 aromatic rings. The summed E-state index contributed by atoms with van der Waals surface area (Å²) in [7, 11) is 0. The van der Waals surface area contributed by atoms with Crippen LogP contribution in [0.1, 0.15) is 0 Å². The summed E-state index contributed by atoms with van der Waals surface area (Å²) in [6.45, 7) is 0. The predicted octanol–water partition coefficient (Wildman–Crippen LogP) is 13.4. The Balaban J connectivity index is 0.000000132. The summed E-state index contributed by atoms with van der Waals surface area (Å²) in [4.78, 5) is 28.0. The first-order valence-corrected chi connectivity index (χ1v) is 22.1. The van der Waals surface area contributed by atoms with Crippen molar-refractivity contribution in [3.05, 3.63) is 205 Å². The van der Waals surface area contributed by atoms with Crippen LogP contribution >= 0.6 is 23.2 Å². The van der Waals surface area contributed by atoms with Gasteiger partial charge in [0.05, 0.1) is 44.1 Å². The van der Waals surface area contributed by atoms with Gasteiger partial charge in [0.2, 0.25) is 34.4 Å². The van der Waals surface area contributed by atoms with E-state index in [9.17, 15) is 0 Å². The molecular formula is C54H32Cl2N10. The van der Waals surface area contributed by atoms with Gasteiger partial charge in [-0.15, -0.1) is 0 Å². The smallest absolute Gasteiger partial charge is 0.240 e. The van der Waals surface area contributed by atoms with Gasteiger partial charge in [0.25, 0.3) is 0 Å². The Morgan fingerprint density at radius 2 is 0.364 bits per heavy atom. The summed E-state index contributed by atoms with van der Waals surface area (Å²) < 4.78 is 8.20. The van der Waals surface area contributed by atoms with E-state index in [0.29, 0.717) is 23.8 Å². The third kappa shape index (κ3) is 5.89. The van der Waals surface area contributed by atoms with Crippen LogP contribution in [0.25, 0.3) is 111 Å². The van der Waals surface area contributed by atoms with Crippen molar-refractivity contribution >= 4 is 110 Å². The summed E-state index contributed by atoms with van der Waals surface area (Å²) >= 11 is 13.0. The molecule has 0 aliphatic carbocycles. The maximum Gasteiger partial charge on any atom is 0.240 e. The van der Waals surface area contributed by atoms with E-state index in [-0.39, 0.29) is 10.6 Å². The average Bonchev–Trinajstić information content (AvgIpc) is 4.09. The lowest BCUT2D eigenvalue weighted by Gasteiger charge is -2.10. The third-order valence-corrected chi connectivity index (χ3v) is 12.6. The van der Waals surface area contributed by atoms with Crippen molar-refractivity contribution in [3.8, 4) is 23.8 Å². The maximum absolute atomic E-state index is 6.50. The zero-order valence-corrected chi connectivity index (χ0v) is 36.2. The van der Waals surface area contributed by atoms with Crippen molar-refractivity contribution in [2.45, 2.75) is 0 Å². The molecule has 0 spiro atoms. The van der Waals surface area contributed by atoms with Crippen molar-refractivity contribution < 1.29 is 0 Å². The lowest BCUT2D eigenvalue weighted by atomic mass is 10.2. The molecule has 66 heavy (non-hydrogen) atoms. The van der Waals surface area contributed by atoms with Gasteiger partial charge in [0.15, 0.2) is 0 Å². The molecule has 0 bridgehead atoms. The highest BCUT2D eigenvalue weighted by molar-refractivity contribution is 6.28. The molecule has 0 unspecified atom stereocenters. The topological polar surface area (TPSA) is 97.1 Å². The van der Waals surface area contributed by atoms with Crippen molar-refractivity contribution in [1.29, 1.82) is 0 Å². The maximum atomic E-state index is 6.50. The molecule has 6 heterocycles. The highest BCUT2D eigenvalue weighted by Crippen LogP contribution is 2.36. The van der Waals surface area contributed by atoms with Gasteiger partial charge >= 0.3 is 0 Å². The summed E-state index contributed by atoms with van der Waals surface area (Å²) in [5.41, 5.74) is 8.18. The Hall–Kier alpha value is -8.44. The normalized spacial score (nSPS) is 11.8. The van der Waals surface area contributed by atoms with Gasteiger partial charge < -0.3 is 0 Å². The second-order valence-corrected chi connectivity index (χ2v) is 16.6. The Morgan fingerprint density at radius 3 is 0.530 bits per heavy atom. The van der Waals surface area contributed by atoms with E-state index < -0.39 is 0 Å². The molecule has 312 valence electrons. The molecule has 6 aromatic heterocycles. The standard InChI is InChI=1S/2C27H16ClN5/c2*28-25-29-26(32-21-13-5-1-9-17(21)18-10-2-6-14-22(18)32)31-27(30-25)33-23-15-7-3-11-19(23)20-12-4-8-16-24(20)33/h2*1-16H. The lowest BCUT2D eigenvalue weighted by molar-refractivity contribution is 0.886. The molecule has 8 aromatic carbocycles. The first kappa shape index (κ1) is 38.1. The van der Waals surface area contributed by atoms with Crippen LogP contribution in [0.3, 0.4) is 0 Å². The molecule has 0 saturated carbocycles. The number of nitrogens with zero attached hydrogens (tertiary/aromatic N) is 10. The van der Waals surface area contributed by atoms with Gasteiger partial charge in [-0.25, -0.2) is 0 Å². The molecule has 0 aliphatic rings. The molecule has 0 fully saturated rings. The van der Waals surface area contributed by atoms with E-state index in [1.807, 2.05) is 97.1 Å². The molecule has 0 amide bonds. The van der Waals surface area contributed by atoms with E-state index >= 15 is 0 Å². The van der Waals surface area contributed by atoms with E-state index in [2.05, 4.69) is 135 Å². The molecular weight excluding hydrogens is 860 g/mol. The molecule has 0 aliphatic heterocycles. The van der Waals surface area contributed by atoms with Gasteiger partial charge in [-0.1, -0.05) is 146 Å². The number of hydrogen-bond acceptors (Lipinski definition) is 6. The van der Waals surface area contributed by atoms with Crippen LogP contribution in [0.2, 0.25) is 10.6 Å². The first-order chi connectivity index (χ1) is 32.6. The van der Waals surface area contributed by atoms with Crippen molar-refractivity contribution in [3.63, 3.8) is 0 Å². The zero-order valence-electron chi connectivity index (χ0n) is 34.7. The van der Waals surface area contributed by atoms with Gasteiger partial charge in [0.1, 0.15) is 0 Å². The highest BCUT2D eigenvalue weighted by atomic mass is 35.5. The van der Waals surface area contributed by atoms with E-state index in [1.54, 1.807) is 0 Å². The summed E-state index contributed by atoms with van der Waals surface area (Å²) in [5, 5.41) is 9.44. The van der Waals surface area contributed by atoms with E-state index in [0.717, 1.165) is 87.2 Å². The van der Waals surface area contributed by atoms with Crippen LogP contribution in [0.4, 0.5) is 0 Å². The quantitative estimate of drug-likeness (QED) is 0.175. The number of benzene rings is 8. The van der Waals surface area contributed by atoms with Crippen LogP contribution in [0, 0.1) is 0 Å². The number of halogens is 2. The van der Waals surface area contributed by atoms with Gasteiger partial charge in [-0.05, 0) is 71.7 Å². The Kier molecular flexibility index (Phi) is 8.70. The van der Waals surface area contributed by atoms with Crippen LogP contribution < -0.4 is 0 Å². The minimum atomic E-state index is 0.152. The monoisotopic (exact) mass is 890 g/mol. The molecule has 0 atom stereocenters. The Bertz CT molecular complexity index is 3490. The highest BCUT2D eigenvalue weighted by Gasteiger charge is 2.21. The van der Waals surface area contributed by atoms with Crippen LogP contribution in [0.5, 0.6) is 0 Å². The number of hydrogen-bond donors (Lipinski definition) is 0. The molecule has 10 nitrogen and oxygen atoms in total. The first-order valence-electron chi connectivity index (χ1n) is 21.4. The van der Waals surface area contributed by atoms with E-state index in [1.165, 1.54) is 0 Å². The fourth-order valence-electron chi connectivity index (χ4n) is 9.61. The van der Waals surface area contributed by atoms with Gasteiger partial charge in [-0.2, -0.15) is 29.9 Å². The molecule has 0 saturated heterocycles. The molecule has 0 radical (unpaired) electrons. The minimum Gasteiger partial charge on any atom is -0.278 e. The number of fused-ring (bicyclic) bond motifs is 12. The van der Waals surface area contributed by atoms with Crippen LogP contribution in [-0.4, -0.2) is 48.2 Å². The fourth-order valence-corrected chi connectivity index (χ4v) is 9.91. The molecule has 14 rings (SSSR count). The minimum absolute atomic E-state index is 0.152. The Morgan fingerprint density at radius 1 is 0.212 bits per heavy atom. The molecule has 12 heteroatoms. The average molecular weight is 892 g/mol. The summed E-state index contributed by atoms with van der Waals surface area (Å²) in [5.74, 6) is 1.96. The van der Waals surface area contributed by atoms with E-state index in [4.69, 9.17) is 33.2 Å². The van der Waals surface area contributed by atoms with Crippen LogP contribution in [0.15, 0.2) is 194 Å². The lowest BCUT2D eigenvalue weighted by Crippen LogP contribution is -2.08. The number of aromatic nitrogens is 10. The van der Waals surface area contributed by atoms with Crippen LogP contribution in [-0.2, 0) is 0 Å². The number of para-hydroxylation sites is 8. The zero-order chi connectivity index (χ0) is 43.9. The Labute approximate surface area is 385 Å². The van der Waals surface area contributed by atoms with Crippen molar-refractivity contribution in [1.82, 2.24) is 48.2 Å². The third-order valence-electron chi connectivity index (χ3n) is 12.3. The van der Waals surface area contributed by atoms with Crippen molar-refractivity contribution in [2.24, 2.45) is 0 Å². The fraction of sp³-hybridized carbons (Fsp3) is 0.